The van der Waals surface area contributed by atoms with Crippen molar-refractivity contribution in [2.75, 3.05) is 11.9 Å². The molecule has 2 heterocycles. The van der Waals surface area contributed by atoms with E-state index in [1.165, 1.54) is 11.3 Å². The molecule has 8 heteroatoms. The highest BCUT2D eigenvalue weighted by molar-refractivity contribution is 7.19. The molecule has 0 fully saturated rings. The molecule has 0 saturated carbocycles. The second-order valence-corrected chi connectivity index (χ2v) is 7.49. The highest BCUT2D eigenvalue weighted by Gasteiger charge is 2.21. The Balaban J connectivity index is 1.77. The number of hydrogen-bond acceptors (Lipinski definition) is 6. The number of amides is 1. The molecule has 0 aliphatic heterocycles. The molecule has 0 saturated heterocycles. The number of esters is 1. The summed E-state index contributed by atoms with van der Waals surface area (Å²) in [4.78, 5) is 25.8. The summed E-state index contributed by atoms with van der Waals surface area (Å²) in [5.41, 5.74) is 1.89. The molecule has 7 nitrogen and oxygen atoms in total. The molecule has 0 spiro atoms. The van der Waals surface area contributed by atoms with Crippen molar-refractivity contribution in [1.29, 1.82) is 0 Å². The number of fused-ring (bicyclic) bond motifs is 1. The van der Waals surface area contributed by atoms with E-state index in [0.717, 1.165) is 17.9 Å². The lowest BCUT2D eigenvalue weighted by Gasteiger charge is -2.07. The van der Waals surface area contributed by atoms with Crippen LogP contribution in [0.3, 0.4) is 0 Å². The van der Waals surface area contributed by atoms with Gasteiger partial charge >= 0.3 is 5.97 Å². The van der Waals surface area contributed by atoms with Crippen molar-refractivity contribution in [2.45, 2.75) is 40.0 Å². The smallest absolute Gasteiger partial charge is 0.338 e. The van der Waals surface area contributed by atoms with E-state index in [4.69, 9.17) is 4.74 Å². The number of ether oxygens (including phenoxy) is 1. The van der Waals surface area contributed by atoms with E-state index in [2.05, 4.69) is 15.5 Å². The Morgan fingerprint density at radius 3 is 2.56 bits per heavy atom. The number of anilines is 1. The molecule has 2 aromatic heterocycles. The molecule has 142 valence electrons. The normalized spacial score (nSPS) is 11.1. The molecule has 0 atom stereocenters. The molecule has 27 heavy (non-hydrogen) atoms. The van der Waals surface area contributed by atoms with Crippen LogP contribution < -0.4 is 5.32 Å². The first-order chi connectivity index (χ1) is 12.9. The monoisotopic (exact) mass is 386 g/mol. The molecule has 0 bridgehead atoms. The molecule has 3 rings (SSSR count). The zero-order valence-electron chi connectivity index (χ0n) is 15.8. The van der Waals surface area contributed by atoms with E-state index < -0.39 is 0 Å². The molecule has 0 unspecified atom stereocenters. The maximum atomic E-state index is 12.7. The fraction of sp³-hybridized carbons (Fsp3) is 0.368. The Morgan fingerprint density at radius 1 is 1.22 bits per heavy atom. The number of aryl methyl sites for hydroxylation is 1. The Bertz CT molecular complexity index is 973. The van der Waals surface area contributed by atoms with Gasteiger partial charge in [0.2, 0.25) is 4.96 Å². The SMILES string of the molecule is CCCOC(=O)c1ccc(NC(=O)c2sc3nnc(C(C)C)n3c2C)cc1. The van der Waals surface area contributed by atoms with Crippen LogP contribution in [0.4, 0.5) is 5.69 Å². The van der Waals surface area contributed by atoms with Crippen molar-refractivity contribution in [2.24, 2.45) is 0 Å². The van der Waals surface area contributed by atoms with Crippen LogP contribution in [0.2, 0.25) is 0 Å². The summed E-state index contributed by atoms with van der Waals surface area (Å²) in [7, 11) is 0. The maximum Gasteiger partial charge on any atom is 0.338 e. The minimum Gasteiger partial charge on any atom is -0.462 e. The van der Waals surface area contributed by atoms with E-state index in [0.29, 0.717) is 27.7 Å². The van der Waals surface area contributed by atoms with Crippen LogP contribution in [-0.4, -0.2) is 33.1 Å². The third-order valence-electron chi connectivity index (χ3n) is 4.05. The van der Waals surface area contributed by atoms with Crippen molar-refractivity contribution < 1.29 is 14.3 Å². The minimum atomic E-state index is -0.362. The fourth-order valence-electron chi connectivity index (χ4n) is 2.67. The summed E-state index contributed by atoms with van der Waals surface area (Å²) >= 11 is 1.31. The van der Waals surface area contributed by atoms with Crippen LogP contribution in [0.1, 0.15) is 64.7 Å². The van der Waals surface area contributed by atoms with Crippen molar-refractivity contribution in [3.05, 3.63) is 46.2 Å². The van der Waals surface area contributed by atoms with E-state index in [1.54, 1.807) is 24.3 Å². The number of thiazole rings is 1. The highest BCUT2D eigenvalue weighted by Crippen LogP contribution is 2.26. The minimum absolute atomic E-state index is 0.209. The lowest BCUT2D eigenvalue weighted by atomic mass is 10.2. The first kappa shape index (κ1) is 19.0. The number of carbonyl (C=O) groups excluding carboxylic acids is 2. The van der Waals surface area contributed by atoms with Crippen molar-refractivity contribution in [1.82, 2.24) is 14.6 Å². The van der Waals surface area contributed by atoms with Gasteiger partial charge in [-0.3, -0.25) is 9.20 Å². The number of benzene rings is 1. The van der Waals surface area contributed by atoms with Crippen LogP contribution in [0.5, 0.6) is 0 Å². The van der Waals surface area contributed by atoms with Gasteiger partial charge in [-0.05, 0) is 37.6 Å². The quantitative estimate of drug-likeness (QED) is 0.646. The molecule has 1 N–H and O–H groups in total. The number of hydrogen-bond donors (Lipinski definition) is 1. The summed E-state index contributed by atoms with van der Waals surface area (Å²) in [5.74, 6) is 0.481. The van der Waals surface area contributed by atoms with Gasteiger partial charge in [-0.1, -0.05) is 32.1 Å². The first-order valence-electron chi connectivity index (χ1n) is 8.85. The van der Waals surface area contributed by atoms with Gasteiger partial charge in [0.15, 0.2) is 0 Å². The lowest BCUT2D eigenvalue weighted by molar-refractivity contribution is 0.0505. The van der Waals surface area contributed by atoms with Crippen LogP contribution in [-0.2, 0) is 4.74 Å². The third kappa shape index (κ3) is 3.85. The van der Waals surface area contributed by atoms with Gasteiger partial charge in [0.1, 0.15) is 10.7 Å². The van der Waals surface area contributed by atoms with Crippen LogP contribution >= 0.6 is 11.3 Å². The average Bonchev–Trinajstić information content (AvgIpc) is 3.21. The van der Waals surface area contributed by atoms with E-state index in [9.17, 15) is 9.59 Å². The predicted octanol–water partition coefficient (Wildman–Crippen LogP) is 4.04. The Kier molecular flexibility index (Phi) is 5.55. The van der Waals surface area contributed by atoms with Crippen LogP contribution in [0, 0.1) is 6.92 Å². The zero-order chi connectivity index (χ0) is 19.6. The van der Waals surface area contributed by atoms with Crippen molar-refractivity contribution in [3.63, 3.8) is 0 Å². The summed E-state index contributed by atoms with van der Waals surface area (Å²) in [6.45, 7) is 8.31. The average molecular weight is 386 g/mol. The maximum absolute atomic E-state index is 12.7. The van der Waals surface area contributed by atoms with E-state index in [1.807, 2.05) is 32.1 Å². The van der Waals surface area contributed by atoms with Gasteiger partial charge in [-0.15, -0.1) is 10.2 Å². The van der Waals surface area contributed by atoms with Crippen molar-refractivity contribution in [3.8, 4) is 0 Å². The fourth-order valence-corrected chi connectivity index (χ4v) is 3.64. The van der Waals surface area contributed by atoms with Gasteiger partial charge in [0, 0.05) is 17.3 Å². The number of rotatable bonds is 6. The number of aromatic nitrogens is 3. The van der Waals surface area contributed by atoms with Gasteiger partial charge in [0.25, 0.3) is 5.91 Å². The van der Waals surface area contributed by atoms with Crippen molar-refractivity contribution >= 4 is 33.9 Å². The van der Waals surface area contributed by atoms with E-state index >= 15 is 0 Å². The Morgan fingerprint density at radius 2 is 1.93 bits per heavy atom. The van der Waals surface area contributed by atoms with Crippen LogP contribution in [0.15, 0.2) is 24.3 Å². The second kappa shape index (κ2) is 7.87. The highest BCUT2D eigenvalue weighted by atomic mass is 32.1. The molecular weight excluding hydrogens is 364 g/mol. The standard InChI is InChI=1S/C19H22N4O3S/c1-5-10-26-18(25)13-6-8-14(9-7-13)20-17(24)15-12(4)23-16(11(2)3)21-22-19(23)27-15/h6-9,11H,5,10H2,1-4H3,(H,20,24). The van der Waals surface area contributed by atoms with Gasteiger partial charge < -0.3 is 10.1 Å². The number of nitrogens with one attached hydrogen (secondary N) is 1. The van der Waals surface area contributed by atoms with E-state index in [-0.39, 0.29) is 17.8 Å². The molecular formula is C19H22N4O3S. The van der Waals surface area contributed by atoms with Crippen LogP contribution in [0.25, 0.3) is 4.96 Å². The largest absolute Gasteiger partial charge is 0.462 e. The summed E-state index contributed by atoms with van der Waals surface area (Å²) < 4.78 is 7.03. The molecule has 0 aliphatic carbocycles. The molecule has 0 radical (unpaired) electrons. The predicted molar refractivity (Wildman–Crippen MR) is 105 cm³/mol. The van der Waals surface area contributed by atoms with Gasteiger partial charge in [-0.2, -0.15) is 0 Å². The third-order valence-corrected chi connectivity index (χ3v) is 5.19. The zero-order valence-corrected chi connectivity index (χ0v) is 16.6. The topological polar surface area (TPSA) is 85.6 Å². The molecule has 0 aliphatic rings. The summed E-state index contributed by atoms with van der Waals surface area (Å²) in [6, 6.07) is 6.66. The van der Waals surface area contributed by atoms with Gasteiger partial charge in [0.05, 0.1) is 12.2 Å². The lowest BCUT2D eigenvalue weighted by Crippen LogP contribution is -2.13. The Labute approximate surface area is 161 Å². The summed E-state index contributed by atoms with van der Waals surface area (Å²) in [6.07, 6.45) is 0.775. The first-order valence-corrected chi connectivity index (χ1v) is 9.67. The van der Waals surface area contributed by atoms with Gasteiger partial charge in [-0.25, -0.2) is 4.79 Å². The summed E-state index contributed by atoms with van der Waals surface area (Å²) in [5, 5.41) is 11.2. The second-order valence-electron chi connectivity index (χ2n) is 6.51. The molecule has 3 aromatic rings. The molecule has 1 aromatic carbocycles. The number of carbonyl (C=O) groups is 2. The Hall–Kier alpha value is -2.74. The number of nitrogens with zero attached hydrogens (tertiary/aromatic N) is 3. The molecule has 1 amide bonds.